The third-order valence-corrected chi connectivity index (χ3v) is 3.44. The van der Waals surface area contributed by atoms with Gasteiger partial charge in [-0.15, -0.1) is 0 Å². The standard InChI is InChI=1S/C14H19N3O2/c1-3-13(19)12-4-5-14(15-10-12)17-8-6-16(7-9-17)11(2)18/h4-5,10H,3,6-9H2,1-2H3. The van der Waals surface area contributed by atoms with Gasteiger partial charge in [-0.05, 0) is 12.1 Å². The molecule has 0 aliphatic carbocycles. The summed E-state index contributed by atoms with van der Waals surface area (Å²) in [5.41, 5.74) is 0.661. The number of aromatic nitrogens is 1. The molecule has 0 radical (unpaired) electrons. The number of ketones is 1. The first-order chi connectivity index (χ1) is 9.11. The van der Waals surface area contributed by atoms with Crippen LogP contribution in [-0.4, -0.2) is 47.8 Å². The van der Waals surface area contributed by atoms with Gasteiger partial charge in [-0.3, -0.25) is 9.59 Å². The molecule has 1 aromatic heterocycles. The Balaban J connectivity index is 2.00. The van der Waals surface area contributed by atoms with E-state index >= 15 is 0 Å². The molecule has 5 nitrogen and oxygen atoms in total. The molecule has 0 unspecified atom stereocenters. The molecule has 5 heteroatoms. The largest absolute Gasteiger partial charge is 0.353 e. The number of hydrogen-bond acceptors (Lipinski definition) is 4. The summed E-state index contributed by atoms with van der Waals surface area (Å²) in [6.45, 7) is 6.47. The van der Waals surface area contributed by atoms with Crippen LogP contribution in [0.3, 0.4) is 0 Å². The predicted molar refractivity (Wildman–Crippen MR) is 73.3 cm³/mol. The van der Waals surface area contributed by atoms with Gasteiger partial charge in [0.15, 0.2) is 5.78 Å². The van der Waals surface area contributed by atoms with Gasteiger partial charge in [0.2, 0.25) is 5.91 Å². The van der Waals surface area contributed by atoms with Crippen molar-refractivity contribution < 1.29 is 9.59 Å². The van der Waals surface area contributed by atoms with Gasteiger partial charge in [-0.2, -0.15) is 0 Å². The minimum absolute atomic E-state index is 0.112. The molecule has 0 aromatic carbocycles. The van der Waals surface area contributed by atoms with Crippen LogP contribution >= 0.6 is 0 Å². The van der Waals surface area contributed by atoms with Crippen molar-refractivity contribution in [2.75, 3.05) is 31.1 Å². The summed E-state index contributed by atoms with van der Waals surface area (Å²) in [5.74, 6) is 1.10. The Kier molecular flexibility index (Phi) is 4.14. The monoisotopic (exact) mass is 261 g/mol. The van der Waals surface area contributed by atoms with Gasteiger partial charge in [-0.25, -0.2) is 4.98 Å². The highest BCUT2D eigenvalue weighted by molar-refractivity contribution is 5.95. The number of pyridine rings is 1. The number of carbonyl (C=O) groups excluding carboxylic acids is 2. The van der Waals surface area contributed by atoms with Gasteiger partial charge in [0.25, 0.3) is 0 Å². The second-order valence-electron chi connectivity index (χ2n) is 4.67. The van der Waals surface area contributed by atoms with Gasteiger partial charge in [0.1, 0.15) is 5.82 Å². The molecule has 0 spiro atoms. The first kappa shape index (κ1) is 13.5. The molecule has 1 amide bonds. The average molecular weight is 261 g/mol. The summed E-state index contributed by atoms with van der Waals surface area (Å²) in [5, 5.41) is 0. The van der Waals surface area contributed by atoms with E-state index in [1.54, 1.807) is 13.1 Å². The number of hydrogen-bond donors (Lipinski definition) is 0. The lowest BCUT2D eigenvalue weighted by Crippen LogP contribution is -2.48. The highest BCUT2D eigenvalue weighted by Gasteiger charge is 2.19. The Morgan fingerprint density at radius 3 is 2.37 bits per heavy atom. The molecule has 0 N–H and O–H groups in total. The second-order valence-corrected chi connectivity index (χ2v) is 4.67. The summed E-state index contributed by atoms with van der Waals surface area (Å²) in [7, 11) is 0. The lowest BCUT2D eigenvalue weighted by atomic mass is 10.1. The van der Waals surface area contributed by atoms with E-state index in [9.17, 15) is 9.59 Å². The van der Waals surface area contributed by atoms with Crippen LogP contribution in [-0.2, 0) is 4.79 Å². The van der Waals surface area contributed by atoms with E-state index in [0.29, 0.717) is 12.0 Å². The normalized spacial score (nSPS) is 15.5. The number of carbonyl (C=O) groups is 2. The zero-order valence-electron chi connectivity index (χ0n) is 11.4. The minimum Gasteiger partial charge on any atom is -0.353 e. The fourth-order valence-electron chi connectivity index (χ4n) is 2.19. The molecule has 0 bridgehead atoms. The van der Waals surface area contributed by atoms with Crippen molar-refractivity contribution in [2.24, 2.45) is 0 Å². The van der Waals surface area contributed by atoms with Crippen molar-refractivity contribution in [3.63, 3.8) is 0 Å². The van der Waals surface area contributed by atoms with Crippen LogP contribution < -0.4 is 4.90 Å². The van der Waals surface area contributed by atoms with Crippen molar-refractivity contribution >= 4 is 17.5 Å². The van der Waals surface area contributed by atoms with E-state index < -0.39 is 0 Å². The summed E-state index contributed by atoms with van der Waals surface area (Å²) < 4.78 is 0. The Labute approximate surface area is 113 Å². The maximum absolute atomic E-state index is 11.5. The Hall–Kier alpha value is -1.91. The van der Waals surface area contributed by atoms with E-state index in [4.69, 9.17) is 0 Å². The van der Waals surface area contributed by atoms with Crippen LogP contribution in [0.2, 0.25) is 0 Å². The zero-order chi connectivity index (χ0) is 13.8. The van der Waals surface area contributed by atoms with Crippen molar-refractivity contribution in [3.05, 3.63) is 23.9 Å². The average Bonchev–Trinajstić information content (AvgIpc) is 2.46. The first-order valence-corrected chi connectivity index (χ1v) is 6.61. The number of amides is 1. The maximum atomic E-state index is 11.5. The lowest BCUT2D eigenvalue weighted by molar-refractivity contribution is -0.129. The van der Waals surface area contributed by atoms with Crippen LogP contribution in [0.15, 0.2) is 18.3 Å². The zero-order valence-corrected chi connectivity index (χ0v) is 11.4. The predicted octanol–water partition coefficient (Wildman–Crippen LogP) is 1.34. The highest BCUT2D eigenvalue weighted by Crippen LogP contribution is 2.14. The molecule has 1 fully saturated rings. The molecule has 1 aliphatic heterocycles. The van der Waals surface area contributed by atoms with E-state index in [-0.39, 0.29) is 11.7 Å². The van der Waals surface area contributed by atoms with Crippen molar-refractivity contribution in [1.82, 2.24) is 9.88 Å². The third-order valence-electron chi connectivity index (χ3n) is 3.44. The Morgan fingerprint density at radius 2 is 1.89 bits per heavy atom. The van der Waals surface area contributed by atoms with E-state index in [1.807, 2.05) is 24.0 Å². The molecule has 0 saturated carbocycles. The molecule has 19 heavy (non-hydrogen) atoms. The molecule has 2 heterocycles. The fourth-order valence-corrected chi connectivity index (χ4v) is 2.19. The number of piperazine rings is 1. The molecular weight excluding hydrogens is 242 g/mol. The molecule has 1 aromatic rings. The molecule has 1 aliphatic rings. The summed E-state index contributed by atoms with van der Waals surface area (Å²) in [6, 6.07) is 3.71. The number of anilines is 1. The van der Waals surface area contributed by atoms with Gasteiger partial charge < -0.3 is 9.80 Å². The molecule has 2 rings (SSSR count). The summed E-state index contributed by atoms with van der Waals surface area (Å²) in [4.78, 5) is 31.1. The van der Waals surface area contributed by atoms with E-state index in [1.165, 1.54) is 0 Å². The van der Waals surface area contributed by atoms with Crippen LogP contribution in [0.5, 0.6) is 0 Å². The van der Waals surface area contributed by atoms with Crippen molar-refractivity contribution in [3.8, 4) is 0 Å². The first-order valence-electron chi connectivity index (χ1n) is 6.61. The minimum atomic E-state index is 0.112. The summed E-state index contributed by atoms with van der Waals surface area (Å²) in [6.07, 6.45) is 2.14. The summed E-state index contributed by atoms with van der Waals surface area (Å²) >= 11 is 0. The third kappa shape index (κ3) is 3.10. The molecule has 102 valence electrons. The molecular formula is C14H19N3O2. The molecule has 0 atom stereocenters. The van der Waals surface area contributed by atoms with Crippen molar-refractivity contribution in [1.29, 1.82) is 0 Å². The van der Waals surface area contributed by atoms with Crippen LogP contribution in [0.4, 0.5) is 5.82 Å². The number of rotatable bonds is 3. The Morgan fingerprint density at radius 1 is 1.21 bits per heavy atom. The Bertz CT molecular complexity index is 462. The quantitative estimate of drug-likeness (QED) is 0.771. The van der Waals surface area contributed by atoms with Crippen molar-refractivity contribution in [2.45, 2.75) is 20.3 Å². The SMILES string of the molecule is CCC(=O)c1ccc(N2CCN(C(C)=O)CC2)nc1. The topological polar surface area (TPSA) is 53.5 Å². The molecule has 1 saturated heterocycles. The van der Waals surface area contributed by atoms with Gasteiger partial charge in [-0.1, -0.05) is 6.92 Å². The van der Waals surface area contributed by atoms with Gasteiger partial charge >= 0.3 is 0 Å². The number of Topliss-reactive ketones (excluding diaryl/α,β-unsaturated/α-hetero) is 1. The van der Waals surface area contributed by atoms with Crippen LogP contribution in [0.25, 0.3) is 0 Å². The smallest absolute Gasteiger partial charge is 0.219 e. The van der Waals surface area contributed by atoms with Crippen LogP contribution in [0.1, 0.15) is 30.6 Å². The number of nitrogens with zero attached hydrogens (tertiary/aromatic N) is 3. The van der Waals surface area contributed by atoms with Gasteiger partial charge in [0, 0.05) is 51.3 Å². The second kappa shape index (κ2) is 5.82. The van der Waals surface area contributed by atoms with E-state index in [0.717, 1.165) is 32.0 Å². The maximum Gasteiger partial charge on any atom is 0.219 e. The lowest BCUT2D eigenvalue weighted by Gasteiger charge is -2.34. The van der Waals surface area contributed by atoms with E-state index in [2.05, 4.69) is 9.88 Å². The fraction of sp³-hybridized carbons (Fsp3) is 0.500. The van der Waals surface area contributed by atoms with Gasteiger partial charge in [0.05, 0.1) is 0 Å². The highest BCUT2D eigenvalue weighted by atomic mass is 16.2. The van der Waals surface area contributed by atoms with Crippen LogP contribution in [0, 0.1) is 0 Å².